The number of hydrogen-bond acceptors (Lipinski definition) is 4. The molecule has 0 amide bonds. The van der Waals surface area contributed by atoms with Crippen LogP contribution in [-0.4, -0.2) is 8.42 Å². The highest BCUT2D eigenvalue weighted by Crippen LogP contribution is 2.23. The molecule has 3 aromatic carbocycles. The van der Waals surface area contributed by atoms with Crippen molar-refractivity contribution >= 4 is 27.5 Å². The summed E-state index contributed by atoms with van der Waals surface area (Å²) in [5.74, 6) is 0.559. The third kappa shape index (κ3) is 5.26. The first-order valence-corrected chi connectivity index (χ1v) is 10.7. The van der Waals surface area contributed by atoms with Crippen LogP contribution in [0.4, 0.5) is 0 Å². The third-order valence-electron chi connectivity index (χ3n) is 4.18. The van der Waals surface area contributed by atoms with Crippen LogP contribution in [0.5, 0.6) is 5.75 Å². The summed E-state index contributed by atoms with van der Waals surface area (Å²) in [4.78, 5) is -0.238. The highest BCUT2D eigenvalue weighted by Gasteiger charge is 2.20. The summed E-state index contributed by atoms with van der Waals surface area (Å²) < 4.78 is 31.3. The molecule has 0 N–H and O–H groups in total. The molecule has 0 spiro atoms. The van der Waals surface area contributed by atoms with Crippen LogP contribution in [0.25, 0.3) is 6.08 Å². The van der Waals surface area contributed by atoms with Crippen LogP contribution >= 0.6 is 11.6 Å². The van der Waals surface area contributed by atoms with Gasteiger partial charge in [-0.3, -0.25) is 0 Å². The van der Waals surface area contributed by atoms with E-state index in [0.29, 0.717) is 22.9 Å². The number of halogens is 1. The smallest absolute Gasteiger partial charge is 0.216 e. The number of rotatable bonds is 6. The van der Waals surface area contributed by atoms with Gasteiger partial charge >= 0.3 is 0 Å². The second-order valence-corrected chi connectivity index (χ2v) is 8.78. The molecule has 0 unspecified atom stereocenters. The van der Waals surface area contributed by atoms with Crippen molar-refractivity contribution in [2.75, 3.05) is 0 Å². The minimum Gasteiger partial charge on any atom is -0.489 e. The van der Waals surface area contributed by atoms with Crippen molar-refractivity contribution in [2.45, 2.75) is 18.4 Å². The molecule has 0 radical (unpaired) electrons. The fourth-order valence-corrected chi connectivity index (χ4v) is 4.03. The number of hydrogen-bond donors (Lipinski definition) is 0. The molecule has 3 rings (SSSR count). The molecule has 6 heteroatoms. The van der Waals surface area contributed by atoms with Crippen molar-refractivity contribution in [1.29, 1.82) is 5.26 Å². The Kier molecular flexibility index (Phi) is 6.38. The largest absolute Gasteiger partial charge is 0.489 e. The average molecular weight is 424 g/mol. The fourth-order valence-electron chi connectivity index (χ4n) is 2.65. The van der Waals surface area contributed by atoms with Crippen LogP contribution in [0.15, 0.2) is 82.6 Å². The summed E-state index contributed by atoms with van der Waals surface area (Å²) in [5, 5.41) is 10.1. The molecular formula is C23H18ClNO3S. The Balaban J connectivity index is 1.84. The molecule has 0 aliphatic carbocycles. The van der Waals surface area contributed by atoms with E-state index < -0.39 is 9.84 Å². The zero-order valence-corrected chi connectivity index (χ0v) is 17.2. The Bertz CT molecular complexity index is 1190. The van der Waals surface area contributed by atoms with Gasteiger partial charge in [0.1, 0.15) is 23.3 Å². The molecule has 0 bridgehead atoms. The monoisotopic (exact) mass is 423 g/mol. The third-order valence-corrected chi connectivity index (χ3v) is 6.10. The molecule has 29 heavy (non-hydrogen) atoms. The topological polar surface area (TPSA) is 67.2 Å². The van der Waals surface area contributed by atoms with Crippen molar-refractivity contribution in [3.63, 3.8) is 0 Å². The van der Waals surface area contributed by atoms with Crippen molar-refractivity contribution in [2.24, 2.45) is 0 Å². The van der Waals surface area contributed by atoms with Crippen LogP contribution in [0.2, 0.25) is 5.02 Å². The number of allylic oxidation sites excluding steroid dienone is 1. The number of nitrogens with zero attached hydrogens (tertiary/aromatic N) is 1. The Morgan fingerprint density at radius 2 is 1.79 bits per heavy atom. The molecule has 0 aliphatic heterocycles. The standard InChI is InChI=1S/C23H18ClNO3S/c1-17-8-10-22(11-9-17)29(26,27)23(15-25)14-18-4-3-7-21(13-18)28-16-19-5-2-6-20(24)12-19/h2-14H,16H2,1H3. The van der Waals surface area contributed by atoms with Gasteiger partial charge in [0, 0.05) is 5.02 Å². The van der Waals surface area contributed by atoms with Crippen LogP contribution in [0.1, 0.15) is 16.7 Å². The van der Waals surface area contributed by atoms with E-state index >= 15 is 0 Å². The second kappa shape index (κ2) is 8.95. The Morgan fingerprint density at radius 1 is 1.07 bits per heavy atom. The van der Waals surface area contributed by atoms with E-state index in [0.717, 1.165) is 11.1 Å². The molecular weight excluding hydrogens is 406 g/mol. The first-order chi connectivity index (χ1) is 13.9. The predicted octanol–water partition coefficient (Wildman–Crippen LogP) is 5.57. The maximum absolute atomic E-state index is 12.8. The minimum atomic E-state index is -3.89. The van der Waals surface area contributed by atoms with Gasteiger partial charge in [-0.2, -0.15) is 5.26 Å². The maximum Gasteiger partial charge on any atom is 0.216 e. The van der Waals surface area contributed by atoms with Crippen LogP contribution in [0.3, 0.4) is 0 Å². The number of ether oxygens (including phenoxy) is 1. The molecule has 0 aliphatic rings. The van der Waals surface area contributed by atoms with Gasteiger partial charge in [-0.05, 0) is 60.5 Å². The Morgan fingerprint density at radius 3 is 2.48 bits per heavy atom. The SMILES string of the molecule is Cc1ccc(S(=O)(=O)C(C#N)=Cc2cccc(OCc3cccc(Cl)c3)c2)cc1. The maximum atomic E-state index is 12.8. The van der Waals surface area contributed by atoms with Crippen molar-refractivity contribution in [3.8, 4) is 11.8 Å². The number of nitriles is 1. The summed E-state index contributed by atoms with van der Waals surface area (Å²) in [6.45, 7) is 2.19. The van der Waals surface area contributed by atoms with Gasteiger partial charge in [0.2, 0.25) is 9.84 Å². The molecule has 0 aromatic heterocycles. The summed E-state index contributed by atoms with van der Waals surface area (Å²) >= 11 is 5.98. The lowest BCUT2D eigenvalue weighted by atomic mass is 10.2. The van der Waals surface area contributed by atoms with E-state index in [1.54, 1.807) is 48.5 Å². The van der Waals surface area contributed by atoms with Gasteiger partial charge in [-0.1, -0.05) is 53.6 Å². The van der Waals surface area contributed by atoms with E-state index in [2.05, 4.69) is 0 Å². The molecule has 0 fully saturated rings. The fraction of sp³-hybridized carbons (Fsp3) is 0.0870. The normalized spacial score (nSPS) is 11.7. The first-order valence-electron chi connectivity index (χ1n) is 8.79. The van der Waals surface area contributed by atoms with E-state index in [4.69, 9.17) is 16.3 Å². The molecule has 3 aromatic rings. The van der Waals surface area contributed by atoms with Gasteiger partial charge in [-0.15, -0.1) is 0 Å². The van der Waals surface area contributed by atoms with E-state index in [-0.39, 0.29) is 9.80 Å². The molecule has 146 valence electrons. The predicted molar refractivity (Wildman–Crippen MR) is 114 cm³/mol. The molecule has 0 saturated carbocycles. The quantitative estimate of drug-likeness (QED) is 0.486. The minimum absolute atomic E-state index is 0.0873. The van der Waals surface area contributed by atoms with Gasteiger partial charge in [0.05, 0.1) is 4.90 Å². The van der Waals surface area contributed by atoms with Gasteiger partial charge < -0.3 is 4.74 Å². The molecule has 0 saturated heterocycles. The highest BCUT2D eigenvalue weighted by molar-refractivity contribution is 7.95. The average Bonchev–Trinajstić information content (AvgIpc) is 2.71. The second-order valence-electron chi connectivity index (χ2n) is 6.43. The van der Waals surface area contributed by atoms with E-state index in [1.807, 2.05) is 25.1 Å². The summed E-state index contributed by atoms with van der Waals surface area (Å²) in [6, 6.07) is 22.5. The van der Waals surface area contributed by atoms with E-state index in [1.165, 1.54) is 18.2 Å². The van der Waals surface area contributed by atoms with E-state index in [9.17, 15) is 13.7 Å². The number of aryl methyl sites for hydroxylation is 1. The molecule has 0 heterocycles. The highest BCUT2D eigenvalue weighted by atomic mass is 35.5. The van der Waals surface area contributed by atoms with Crippen molar-refractivity contribution in [1.82, 2.24) is 0 Å². The van der Waals surface area contributed by atoms with Crippen LogP contribution in [-0.2, 0) is 16.4 Å². The zero-order valence-electron chi connectivity index (χ0n) is 15.7. The van der Waals surface area contributed by atoms with Gasteiger partial charge in [-0.25, -0.2) is 8.42 Å². The lowest BCUT2D eigenvalue weighted by molar-refractivity contribution is 0.306. The number of sulfone groups is 1. The molecule has 0 atom stereocenters. The Hall–Kier alpha value is -3.07. The summed E-state index contributed by atoms with van der Waals surface area (Å²) in [6.07, 6.45) is 1.35. The van der Waals surface area contributed by atoms with Crippen molar-refractivity contribution in [3.05, 3.63) is 99.4 Å². The summed E-state index contributed by atoms with van der Waals surface area (Å²) in [5.41, 5.74) is 2.41. The van der Waals surface area contributed by atoms with Crippen molar-refractivity contribution < 1.29 is 13.2 Å². The zero-order chi connectivity index (χ0) is 20.9. The Labute approximate surface area is 175 Å². The number of benzene rings is 3. The molecule has 4 nitrogen and oxygen atoms in total. The van der Waals surface area contributed by atoms with Gasteiger partial charge in [0.15, 0.2) is 0 Å². The first kappa shape index (κ1) is 20.7. The summed E-state index contributed by atoms with van der Waals surface area (Å²) in [7, 11) is -3.89. The van der Waals surface area contributed by atoms with Gasteiger partial charge in [0.25, 0.3) is 0 Å². The lowest BCUT2D eigenvalue weighted by Crippen LogP contribution is -2.03. The lowest BCUT2D eigenvalue weighted by Gasteiger charge is -2.08. The van der Waals surface area contributed by atoms with Crippen LogP contribution in [0, 0.1) is 18.3 Å². The van der Waals surface area contributed by atoms with Crippen LogP contribution < -0.4 is 4.74 Å².